The van der Waals surface area contributed by atoms with Gasteiger partial charge in [-0.05, 0) is 55.2 Å². The number of carbonyl (C=O) groups excluding carboxylic acids is 5. The molecule has 3 heterocycles. The molecule has 3 N–H and O–H groups in total. The Bertz CT molecular complexity index is 1820. The number of hydrogen-bond donors (Lipinski definition) is 3. The molecule has 2 aliphatic carbocycles. The molecule has 1 aromatic carbocycles. The normalized spacial score (nSPS) is 28.8. The van der Waals surface area contributed by atoms with Crippen molar-refractivity contribution in [3.05, 3.63) is 53.6 Å². The lowest BCUT2D eigenvalue weighted by Crippen LogP contribution is -2.59. The number of sulfonamides is 1. The number of nitrogens with zero attached hydrogens (tertiary/aromatic N) is 3. The van der Waals surface area contributed by atoms with Gasteiger partial charge in [0, 0.05) is 32.5 Å². The van der Waals surface area contributed by atoms with E-state index in [1.54, 1.807) is 0 Å². The van der Waals surface area contributed by atoms with Crippen LogP contribution in [0.15, 0.2) is 36.9 Å². The lowest BCUT2D eigenvalue weighted by Gasteiger charge is -2.31. The maximum atomic E-state index is 14.0. The molecule has 53 heavy (non-hydrogen) atoms. The van der Waals surface area contributed by atoms with Crippen molar-refractivity contribution in [3.8, 4) is 0 Å². The second-order valence-electron chi connectivity index (χ2n) is 14.4. The van der Waals surface area contributed by atoms with Crippen LogP contribution in [0.3, 0.4) is 0 Å². The lowest BCUT2D eigenvalue weighted by molar-refractivity contribution is -0.155. The first-order chi connectivity index (χ1) is 25.0. The Labute approximate surface area is 305 Å². The van der Waals surface area contributed by atoms with Crippen molar-refractivity contribution in [1.29, 1.82) is 0 Å². The number of halogens is 3. The molecular weight excluding hydrogens is 721 g/mol. The van der Waals surface area contributed by atoms with Gasteiger partial charge in [-0.2, -0.15) is 13.2 Å². The van der Waals surface area contributed by atoms with Crippen molar-refractivity contribution < 1.29 is 50.3 Å². The van der Waals surface area contributed by atoms with Crippen LogP contribution in [0, 0.1) is 5.92 Å². The molecule has 5 aliphatic rings. The van der Waals surface area contributed by atoms with E-state index in [9.17, 15) is 45.6 Å². The van der Waals surface area contributed by atoms with Crippen LogP contribution >= 0.6 is 0 Å². The van der Waals surface area contributed by atoms with Crippen molar-refractivity contribution in [3.63, 3.8) is 0 Å². The third kappa shape index (κ3) is 8.47. The molecule has 1 aromatic rings. The highest BCUT2D eigenvalue weighted by molar-refractivity contribution is 7.91. The summed E-state index contributed by atoms with van der Waals surface area (Å²) in [7, 11) is -2.62. The minimum absolute atomic E-state index is 0.0148. The van der Waals surface area contributed by atoms with E-state index in [-0.39, 0.29) is 32.5 Å². The van der Waals surface area contributed by atoms with Gasteiger partial charge in [0.2, 0.25) is 21.8 Å². The zero-order valence-corrected chi connectivity index (χ0v) is 30.0. The first kappa shape index (κ1) is 38.1. The number of carbonyl (C=O) groups is 5. The molecule has 1 saturated heterocycles. The Morgan fingerprint density at radius 3 is 2.58 bits per heavy atom. The van der Waals surface area contributed by atoms with Crippen LogP contribution in [0.25, 0.3) is 6.08 Å². The number of urea groups is 1. The number of nitrogens with one attached hydrogen (secondary N) is 3. The van der Waals surface area contributed by atoms with Gasteiger partial charge in [-0.1, -0.05) is 36.4 Å². The molecule has 18 heteroatoms. The van der Waals surface area contributed by atoms with Gasteiger partial charge >= 0.3 is 18.3 Å². The summed E-state index contributed by atoms with van der Waals surface area (Å²) in [5, 5.41) is 3.99. The fourth-order valence-corrected chi connectivity index (χ4v) is 8.52. The molecule has 288 valence electrons. The smallest absolute Gasteiger partial charge is 0.410 e. The van der Waals surface area contributed by atoms with Crippen molar-refractivity contribution in [2.24, 2.45) is 5.92 Å². The van der Waals surface area contributed by atoms with Gasteiger partial charge in [-0.3, -0.25) is 24.0 Å². The van der Waals surface area contributed by atoms with E-state index in [2.05, 4.69) is 17.2 Å². The zero-order valence-electron chi connectivity index (χ0n) is 29.2. The molecule has 0 radical (unpaired) electrons. The van der Waals surface area contributed by atoms with Gasteiger partial charge in [0.05, 0.1) is 24.8 Å². The topological polar surface area (TPSA) is 175 Å². The fraction of sp³-hybridized carbons (Fsp3) is 0.571. The first-order valence-electron chi connectivity index (χ1n) is 17.6. The second-order valence-corrected chi connectivity index (χ2v) is 16.4. The lowest BCUT2D eigenvalue weighted by atomic mass is 10.0. The van der Waals surface area contributed by atoms with Crippen LogP contribution in [0.2, 0.25) is 0 Å². The maximum Gasteiger partial charge on any atom is 0.410 e. The Hall–Kier alpha value is -4.61. The third-order valence-corrected chi connectivity index (χ3v) is 12.3. The van der Waals surface area contributed by atoms with Crippen LogP contribution in [0.5, 0.6) is 0 Å². The quantitative estimate of drug-likeness (QED) is 0.356. The summed E-state index contributed by atoms with van der Waals surface area (Å²) in [6, 6.07) is 1.08. The predicted octanol–water partition coefficient (Wildman–Crippen LogP) is 2.94. The Kier molecular flexibility index (Phi) is 10.5. The first-order valence-corrected chi connectivity index (χ1v) is 19.2. The van der Waals surface area contributed by atoms with E-state index in [4.69, 9.17) is 4.74 Å². The Balaban J connectivity index is 1.29. The largest absolute Gasteiger partial charge is 0.444 e. The average molecular weight is 765 g/mol. The molecular formula is C35H43F3N6O8S. The number of alkyl halides is 3. The molecule has 3 aliphatic heterocycles. The number of hydrogen-bond acceptors (Lipinski definition) is 8. The second kappa shape index (κ2) is 14.7. The molecule has 0 spiro atoms. The molecule has 0 aromatic heterocycles. The average Bonchev–Trinajstić information content (AvgIpc) is 3.98. The van der Waals surface area contributed by atoms with Crippen molar-refractivity contribution in [2.45, 2.75) is 99.6 Å². The minimum Gasteiger partial charge on any atom is -0.444 e. The molecule has 2 saturated carbocycles. The number of rotatable bonds is 7. The fourth-order valence-electron chi connectivity index (χ4n) is 7.16. The van der Waals surface area contributed by atoms with Crippen LogP contribution in [-0.2, 0) is 42.2 Å². The van der Waals surface area contributed by atoms with E-state index in [0.29, 0.717) is 32.1 Å². The van der Waals surface area contributed by atoms with Gasteiger partial charge in [0.25, 0.3) is 5.91 Å². The zero-order chi connectivity index (χ0) is 38.3. The molecule has 5 atom stereocenters. The number of allylic oxidation sites excluding steroid dienone is 1. The number of ether oxygens (including phenoxy) is 1. The number of amides is 6. The Morgan fingerprint density at radius 1 is 1.15 bits per heavy atom. The Morgan fingerprint density at radius 2 is 1.91 bits per heavy atom. The van der Waals surface area contributed by atoms with E-state index in [1.165, 1.54) is 22.9 Å². The molecule has 3 fully saturated rings. The van der Waals surface area contributed by atoms with Crippen molar-refractivity contribution in [1.82, 2.24) is 30.1 Å². The molecule has 4 bridgehead atoms. The van der Waals surface area contributed by atoms with Crippen LogP contribution < -0.4 is 15.4 Å². The summed E-state index contributed by atoms with van der Waals surface area (Å²) >= 11 is 0. The molecule has 6 amide bonds. The van der Waals surface area contributed by atoms with Gasteiger partial charge in [-0.25, -0.2) is 18.0 Å². The van der Waals surface area contributed by atoms with Gasteiger partial charge in [-0.15, -0.1) is 6.58 Å². The van der Waals surface area contributed by atoms with Crippen molar-refractivity contribution >= 4 is 45.9 Å². The summed E-state index contributed by atoms with van der Waals surface area (Å²) in [6.45, 7) is 3.82. The highest BCUT2D eigenvalue weighted by Gasteiger charge is 2.62. The van der Waals surface area contributed by atoms with Crippen molar-refractivity contribution in [2.75, 3.05) is 20.1 Å². The number of benzene rings is 1. The van der Waals surface area contributed by atoms with Gasteiger partial charge in [0.15, 0.2) is 0 Å². The monoisotopic (exact) mass is 764 g/mol. The molecule has 0 unspecified atom stereocenters. The summed E-state index contributed by atoms with van der Waals surface area (Å²) in [5.41, 5.74) is 1.01. The standard InChI is InChI=1S/C35H43F3N6O8S/c1-3-23-16-34(23,31(47)41-53(50,51)25-12-13-25)40-29(45)28-15-24-19-44(28)30(46)27(17-35(36,37)38)39-32(48)42(2)14-7-5-4-6-9-21-10-8-11-22-18-43(20-26(21)22)33(49)52-24/h3,6,8-11,23-25,27-28H,1,4-5,7,12-20H2,2H3,(H,39,48)(H,40,45)(H,41,47)/b9-6+/t23-,24-,27+,28+,34-/m1/s1. The summed E-state index contributed by atoms with van der Waals surface area (Å²) < 4.78 is 74.6. The minimum atomic E-state index is -4.90. The maximum absolute atomic E-state index is 14.0. The van der Waals surface area contributed by atoms with E-state index in [1.807, 2.05) is 35.1 Å². The predicted molar refractivity (Wildman–Crippen MR) is 184 cm³/mol. The summed E-state index contributed by atoms with van der Waals surface area (Å²) in [4.78, 5) is 71.4. The SMILES string of the molecule is C=C[C@@H]1C[C@]1(NC(=O)[C@@H]1C[C@@H]2CN1C(=O)[C@H](CC(F)(F)F)NC(=O)N(C)CCCC/C=C/c1cccc3c1CN(C3)C(=O)O2)C(=O)NS(=O)(=O)C1CC1. The highest BCUT2D eigenvalue weighted by Crippen LogP contribution is 2.45. The summed E-state index contributed by atoms with van der Waals surface area (Å²) in [5.74, 6) is -3.90. The molecule has 14 nitrogen and oxygen atoms in total. The van der Waals surface area contributed by atoms with Crippen LogP contribution in [0.1, 0.15) is 68.1 Å². The van der Waals surface area contributed by atoms with E-state index in [0.717, 1.165) is 21.6 Å². The van der Waals surface area contributed by atoms with E-state index >= 15 is 0 Å². The van der Waals surface area contributed by atoms with Crippen LogP contribution in [0.4, 0.5) is 22.8 Å². The van der Waals surface area contributed by atoms with E-state index < -0.39 is 93.9 Å². The molecule has 6 rings (SSSR count). The van der Waals surface area contributed by atoms with Gasteiger partial charge < -0.3 is 25.2 Å². The highest BCUT2D eigenvalue weighted by atomic mass is 32.2. The third-order valence-electron chi connectivity index (χ3n) is 10.4. The van der Waals surface area contributed by atoms with Gasteiger partial charge in [0.1, 0.15) is 23.7 Å². The number of fused-ring (bicyclic) bond motifs is 3. The van der Waals surface area contributed by atoms with Crippen LogP contribution in [-0.4, -0.2) is 108 Å². The summed E-state index contributed by atoms with van der Waals surface area (Å²) in [6.07, 6.45) is -1.03.